The third-order valence-electron chi connectivity index (χ3n) is 3.16. The topological polar surface area (TPSA) is 55.0 Å². The summed E-state index contributed by atoms with van der Waals surface area (Å²) >= 11 is 1.78. The molecule has 1 aromatic heterocycles. The van der Waals surface area contributed by atoms with E-state index in [1.807, 2.05) is 18.2 Å². The average Bonchev–Trinajstić information content (AvgIpc) is 2.43. The largest absolute Gasteiger partial charge is 0.399 e. The Labute approximate surface area is 118 Å². The molecule has 1 heterocycles. The second kappa shape index (κ2) is 6.73. The van der Waals surface area contributed by atoms with E-state index in [4.69, 9.17) is 5.73 Å². The average molecular weight is 276 g/mol. The number of hydrogen-bond donors (Lipinski definition) is 1. The van der Waals surface area contributed by atoms with Crippen molar-refractivity contribution in [2.45, 2.75) is 18.9 Å². The SMILES string of the molecule is CCN(CC)CCSc1ncnc2cc(N)ccc12. The number of fused-ring (bicyclic) bond motifs is 1. The number of thioether (sulfide) groups is 1. The molecule has 0 spiro atoms. The number of nitrogens with zero attached hydrogens (tertiary/aromatic N) is 3. The normalized spacial score (nSPS) is 11.3. The molecular formula is C14H20N4S. The number of anilines is 1. The summed E-state index contributed by atoms with van der Waals surface area (Å²) < 4.78 is 0. The molecule has 1 aromatic carbocycles. The molecule has 2 rings (SSSR count). The molecule has 4 nitrogen and oxygen atoms in total. The predicted octanol–water partition coefficient (Wildman–Crippen LogP) is 2.65. The number of nitrogen functional groups attached to an aromatic ring is 1. The van der Waals surface area contributed by atoms with Crippen LogP contribution in [-0.4, -0.2) is 40.3 Å². The molecule has 0 radical (unpaired) electrons. The van der Waals surface area contributed by atoms with E-state index < -0.39 is 0 Å². The fourth-order valence-corrected chi connectivity index (χ4v) is 2.97. The lowest BCUT2D eigenvalue weighted by Crippen LogP contribution is -2.25. The van der Waals surface area contributed by atoms with Gasteiger partial charge in [0.1, 0.15) is 11.4 Å². The maximum absolute atomic E-state index is 5.78. The third-order valence-corrected chi connectivity index (χ3v) is 4.15. The maximum Gasteiger partial charge on any atom is 0.117 e. The summed E-state index contributed by atoms with van der Waals surface area (Å²) in [4.78, 5) is 11.1. The van der Waals surface area contributed by atoms with Gasteiger partial charge in [0.15, 0.2) is 0 Å². The molecule has 2 aromatic rings. The van der Waals surface area contributed by atoms with Crippen molar-refractivity contribution in [1.82, 2.24) is 14.9 Å². The van der Waals surface area contributed by atoms with Crippen LogP contribution in [0, 0.1) is 0 Å². The molecule has 5 heteroatoms. The first-order valence-electron chi connectivity index (χ1n) is 6.60. The van der Waals surface area contributed by atoms with Crippen molar-refractivity contribution < 1.29 is 0 Å². The van der Waals surface area contributed by atoms with Gasteiger partial charge in [-0.1, -0.05) is 13.8 Å². The van der Waals surface area contributed by atoms with E-state index in [1.54, 1.807) is 18.1 Å². The summed E-state index contributed by atoms with van der Waals surface area (Å²) in [5.74, 6) is 1.04. The van der Waals surface area contributed by atoms with E-state index in [9.17, 15) is 0 Å². The monoisotopic (exact) mass is 276 g/mol. The summed E-state index contributed by atoms with van der Waals surface area (Å²) in [6.07, 6.45) is 1.61. The van der Waals surface area contributed by atoms with Gasteiger partial charge in [-0.2, -0.15) is 0 Å². The molecular weight excluding hydrogens is 256 g/mol. The second-order valence-electron chi connectivity index (χ2n) is 4.33. The Morgan fingerprint density at radius 2 is 2.00 bits per heavy atom. The molecule has 102 valence electrons. The van der Waals surface area contributed by atoms with Gasteiger partial charge in [-0.25, -0.2) is 9.97 Å². The third kappa shape index (κ3) is 3.58. The van der Waals surface area contributed by atoms with Crippen LogP contribution in [0.4, 0.5) is 5.69 Å². The van der Waals surface area contributed by atoms with Crippen molar-refractivity contribution in [2.24, 2.45) is 0 Å². The van der Waals surface area contributed by atoms with Crippen molar-refractivity contribution >= 4 is 28.4 Å². The predicted molar refractivity (Wildman–Crippen MR) is 82.5 cm³/mol. The van der Waals surface area contributed by atoms with E-state index in [0.29, 0.717) is 0 Å². The first kappa shape index (κ1) is 14.1. The molecule has 0 unspecified atom stereocenters. The molecule has 0 aliphatic heterocycles. The van der Waals surface area contributed by atoms with Crippen molar-refractivity contribution in [1.29, 1.82) is 0 Å². The highest BCUT2D eigenvalue weighted by molar-refractivity contribution is 7.99. The van der Waals surface area contributed by atoms with Crippen molar-refractivity contribution in [3.8, 4) is 0 Å². The van der Waals surface area contributed by atoms with Crippen molar-refractivity contribution in [3.05, 3.63) is 24.5 Å². The molecule has 0 aliphatic rings. The van der Waals surface area contributed by atoms with Gasteiger partial charge in [-0.3, -0.25) is 0 Å². The minimum atomic E-state index is 0.741. The second-order valence-corrected chi connectivity index (χ2v) is 5.41. The van der Waals surface area contributed by atoms with Gasteiger partial charge in [0.25, 0.3) is 0 Å². The standard InChI is InChI=1S/C14H20N4S/c1-3-18(4-2)7-8-19-14-12-6-5-11(15)9-13(12)16-10-17-14/h5-6,9-10H,3-4,7-8,15H2,1-2H3. The Morgan fingerprint density at radius 1 is 1.21 bits per heavy atom. The maximum atomic E-state index is 5.78. The summed E-state index contributed by atoms with van der Waals surface area (Å²) in [7, 11) is 0. The fourth-order valence-electron chi connectivity index (χ4n) is 1.98. The van der Waals surface area contributed by atoms with Gasteiger partial charge >= 0.3 is 0 Å². The highest BCUT2D eigenvalue weighted by Gasteiger charge is 2.05. The molecule has 0 bridgehead atoms. The molecule has 0 aliphatic carbocycles. The number of hydrogen-bond acceptors (Lipinski definition) is 5. The van der Waals surface area contributed by atoms with Crippen LogP contribution in [0.1, 0.15) is 13.8 Å². The fraction of sp³-hybridized carbons (Fsp3) is 0.429. The summed E-state index contributed by atoms with van der Waals surface area (Å²) in [6, 6.07) is 5.80. The Kier molecular flexibility index (Phi) is 4.99. The van der Waals surface area contributed by atoms with Crippen LogP contribution in [0.2, 0.25) is 0 Å². The van der Waals surface area contributed by atoms with Gasteiger partial charge in [0.2, 0.25) is 0 Å². The van der Waals surface area contributed by atoms with Crippen LogP contribution >= 0.6 is 11.8 Å². The zero-order chi connectivity index (χ0) is 13.7. The molecule has 2 N–H and O–H groups in total. The van der Waals surface area contributed by atoms with Crippen molar-refractivity contribution in [2.75, 3.05) is 31.1 Å². The lowest BCUT2D eigenvalue weighted by Gasteiger charge is -2.17. The molecule has 0 fully saturated rings. The van der Waals surface area contributed by atoms with E-state index in [-0.39, 0.29) is 0 Å². The smallest absolute Gasteiger partial charge is 0.117 e. The molecule has 0 saturated heterocycles. The van der Waals surface area contributed by atoms with E-state index in [0.717, 1.165) is 47.0 Å². The lowest BCUT2D eigenvalue weighted by molar-refractivity contribution is 0.324. The van der Waals surface area contributed by atoms with E-state index >= 15 is 0 Å². The van der Waals surface area contributed by atoms with Crippen LogP contribution in [-0.2, 0) is 0 Å². The quantitative estimate of drug-likeness (QED) is 0.499. The first-order chi connectivity index (χ1) is 9.24. The minimum absolute atomic E-state index is 0.741. The van der Waals surface area contributed by atoms with Gasteiger partial charge < -0.3 is 10.6 Å². The van der Waals surface area contributed by atoms with Gasteiger partial charge in [0, 0.05) is 23.4 Å². The number of aromatic nitrogens is 2. The molecule has 0 atom stereocenters. The summed E-state index contributed by atoms with van der Waals surface area (Å²) in [5.41, 5.74) is 7.43. The molecule has 19 heavy (non-hydrogen) atoms. The lowest BCUT2D eigenvalue weighted by atomic mass is 10.2. The zero-order valence-corrected chi connectivity index (χ0v) is 12.3. The van der Waals surface area contributed by atoms with Gasteiger partial charge in [-0.15, -0.1) is 11.8 Å². The Balaban J connectivity index is 2.08. The molecule has 0 saturated carbocycles. The zero-order valence-electron chi connectivity index (χ0n) is 11.5. The highest BCUT2D eigenvalue weighted by atomic mass is 32.2. The Bertz CT molecular complexity index is 540. The van der Waals surface area contributed by atoms with Crippen LogP contribution < -0.4 is 5.73 Å². The van der Waals surface area contributed by atoms with E-state index in [1.165, 1.54) is 0 Å². The Morgan fingerprint density at radius 3 is 2.74 bits per heavy atom. The number of rotatable bonds is 6. The van der Waals surface area contributed by atoms with Crippen LogP contribution in [0.15, 0.2) is 29.6 Å². The minimum Gasteiger partial charge on any atom is -0.399 e. The van der Waals surface area contributed by atoms with Crippen LogP contribution in [0.25, 0.3) is 10.9 Å². The highest BCUT2D eigenvalue weighted by Crippen LogP contribution is 2.25. The van der Waals surface area contributed by atoms with Gasteiger partial charge in [-0.05, 0) is 31.3 Å². The van der Waals surface area contributed by atoms with E-state index in [2.05, 4.69) is 28.7 Å². The van der Waals surface area contributed by atoms with Gasteiger partial charge in [0.05, 0.1) is 5.52 Å². The Hall–Kier alpha value is -1.33. The molecule has 0 amide bonds. The first-order valence-corrected chi connectivity index (χ1v) is 7.58. The van der Waals surface area contributed by atoms with Crippen LogP contribution in [0.5, 0.6) is 0 Å². The summed E-state index contributed by atoms with van der Waals surface area (Å²) in [6.45, 7) is 7.66. The number of benzene rings is 1. The number of nitrogens with two attached hydrogens (primary N) is 1. The summed E-state index contributed by atoms with van der Waals surface area (Å²) in [5, 5.41) is 2.12. The van der Waals surface area contributed by atoms with Crippen LogP contribution in [0.3, 0.4) is 0 Å². The van der Waals surface area contributed by atoms with Crippen molar-refractivity contribution in [3.63, 3.8) is 0 Å².